The second kappa shape index (κ2) is 4.50. The molecule has 4 heteroatoms. The molecule has 1 aromatic rings. The highest BCUT2D eigenvalue weighted by Gasteiger charge is 2.09. The number of hydrogen-bond donors (Lipinski definition) is 0. The Morgan fingerprint density at radius 1 is 1.29 bits per heavy atom. The Bertz CT molecular complexity index is 463. The molecule has 74 valence electrons. The first-order valence-corrected chi connectivity index (χ1v) is 5.95. The SMILES string of the molecule is Cc1ccc(S(=O)(=O)C#CCCl)cc1. The summed E-state index contributed by atoms with van der Waals surface area (Å²) in [6.45, 7) is 1.89. The Labute approximate surface area is 88.8 Å². The highest BCUT2D eigenvalue weighted by atomic mass is 35.5. The van der Waals surface area contributed by atoms with Gasteiger partial charge in [-0.25, -0.2) is 8.42 Å². The average molecular weight is 229 g/mol. The van der Waals surface area contributed by atoms with Gasteiger partial charge in [-0.2, -0.15) is 0 Å². The molecule has 0 spiro atoms. The topological polar surface area (TPSA) is 34.1 Å². The van der Waals surface area contributed by atoms with Crippen LogP contribution in [0, 0.1) is 18.1 Å². The van der Waals surface area contributed by atoms with Crippen molar-refractivity contribution in [2.24, 2.45) is 0 Å². The van der Waals surface area contributed by atoms with Crippen molar-refractivity contribution in [1.82, 2.24) is 0 Å². The van der Waals surface area contributed by atoms with Gasteiger partial charge in [0.1, 0.15) is 0 Å². The number of halogens is 1. The third-order valence-corrected chi connectivity index (χ3v) is 3.04. The van der Waals surface area contributed by atoms with E-state index in [9.17, 15) is 8.42 Å². The molecule has 0 aromatic heterocycles. The number of alkyl halides is 1. The van der Waals surface area contributed by atoms with E-state index in [1.807, 2.05) is 6.92 Å². The maximum atomic E-state index is 11.5. The normalized spacial score (nSPS) is 10.4. The van der Waals surface area contributed by atoms with E-state index in [1.54, 1.807) is 12.1 Å². The molecule has 0 saturated heterocycles. The molecule has 0 radical (unpaired) electrons. The monoisotopic (exact) mass is 228 g/mol. The lowest BCUT2D eigenvalue weighted by molar-refractivity contribution is 0.606. The molecule has 1 rings (SSSR count). The minimum atomic E-state index is -3.48. The maximum Gasteiger partial charge on any atom is 0.245 e. The van der Waals surface area contributed by atoms with Gasteiger partial charge in [-0.1, -0.05) is 23.6 Å². The van der Waals surface area contributed by atoms with Crippen LogP contribution in [0.2, 0.25) is 0 Å². The minimum Gasteiger partial charge on any atom is -0.210 e. The van der Waals surface area contributed by atoms with Crippen LogP contribution in [0.15, 0.2) is 29.2 Å². The van der Waals surface area contributed by atoms with Crippen molar-refractivity contribution in [1.29, 1.82) is 0 Å². The molecule has 0 atom stereocenters. The number of hydrogen-bond acceptors (Lipinski definition) is 2. The van der Waals surface area contributed by atoms with Crippen LogP contribution in [0.4, 0.5) is 0 Å². The lowest BCUT2D eigenvalue weighted by Crippen LogP contribution is -1.96. The van der Waals surface area contributed by atoms with Crippen LogP contribution in [0.1, 0.15) is 5.56 Å². The first-order chi connectivity index (χ1) is 6.56. The first kappa shape index (κ1) is 11.1. The van der Waals surface area contributed by atoms with Crippen LogP contribution in [0.25, 0.3) is 0 Å². The molecule has 0 aliphatic carbocycles. The van der Waals surface area contributed by atoms with Crippen LogP contribution in [-0.4, -0.2) is 14.3 Å². The van der Waals surface area contributed by atoms with Gasteiger partial charge in [0.05, 0.1) is 10.8 Å². The summed E-state index contributed by atoms with van der Waals surface area (Å²) >= 11 is 5.28. The Morgan fingerprint density at radius 2 is 1.86 bits per heavy atom. The lowest BCUT2D eigenvalue weighted by atomic mass is 10.2. The van der Waals surface area contributed by atoms with Gasteiger partial charge in [0, 0.05) is 5.25 Å². The summed E-state index contributed by atoms with van der Waals surface area (Å²) in [5.41, 5.74) is 1.01. The van der Waals surface area contributed by atoms with E-state index in [2.05, 4.69) is 11.2 Å². The van der Waals surface area contributed by atoms with E-state index in [0.717, 1.165) is 5.56 Å². The van der Waals surface area contributed by atoms with E-state index >= 15 is 0 Å². The van der Waals surface area contributed by atoms with Gasteiger partial charge in [-0.15, -0.1) is 11.6 Å². The van der Waals surface area contributed by atoms with Crippen molar-refractivity contribution in [3.8, 4) is 11.2 Å². The molecule has 0 N–H and O–H groups in total. The maximum absolute atomic E-state index is 11.5. The molecule has 1 aromatic carbocycles. The third-order valence-electron chi connectivity index (χ3n) is 1.60. The third kappa shape index (κ3) is 2.76. The fourth-order valence-corrected chi connectivity index (χ4v) is 1.92. The summed E-state index contributed by atoms with van der Waals surface area (Å²) < 4.78 is 22.9. The quantitative estimate of drug-likeness (QED) is 0.418. The lowest BCUT2D eigenvalue weighted by Gasteiger charge is -1.96. The van der Waals surface area contributed by atoms with Gasteiger partial charge in [-0.3, -0.25) is 0 Å². The molecular formula is C10H9ClO2S. The van der Waals surface area contributed by atoms with E-state index in [4.69, 9.17) is 11.6 Å². The predicted molar refractivity (Wildman–Crippen MR) is 56.9 cm³/mol. The van der Waals surface area contributed by atoms with Crippen LogP contribution in [0.3, 0.4) is 0 Å². The molecule has 0 aliphatic heterocycles. The van der Waals surface area contributed by atoms with Crippen molar-refractivity contribution < 1.29 is 8.42 Å². The molecule has 0 fully saturated rings. The summed E-state index contributed by atoms with van der Waals surface area (Å²) in [4.78, 5) is 0.209. The van der Waals surface area contributed by atoms with Gasteiger partial charge in [0.15, 0.2) is 0 Å². The van der Waals surface area contributed by atoms with Crippen molar-refractivity contribution >= 4 is 21.4 Å². The Hall–Kier alpha value is -0.980. The Balaban J connectivity index is 3.11. The van der Waals surface area contributed by atoms with Crippen molar-refractivity contribution in [3.05, 3.63) is 29.8 Å². The largest absolute Gasteiger partial charge is 0.245 e. The van der Waals surface area contributed by atoms with Crippen LogP contribution in [0.5, 0.6) is 0 Å². The molecule has 0 bridgehead atoms. The van der Waals surface area contributed by atoms with E-state index in [1.165, 1.54) is 12.1 Å². The molecular weight excluding hydrogens is 220 g/mol. The van der Waals surface area contributed by atoms with Crippen LogP contribution < -0.4 is 0 Å². The van der Waals surface area contributed by atoms with Crippen molar-refractivity contribution in [2.45, 2.75) is 11.8 Å². The zero-order valence-corrected chi connectivity index (χ0v) is 9.19. The van der Waals surface area contributed by atoms with Crippen LogP contribution >= 0.6 is 11.6 Å². The summed E-state index contributed by atoms with van der Waals surface area (Å²) in [7, 11) is -3.48. The summed E-state index contributed by atoms with van der Waals surface area (Å²) in [6.07, 6.45) is 0. The fourth-order valence-electron chi connectivity index (χ4n) is 0.899. The van der Waals surface area contributed by atoms with E-state index in [0.29, 0.717) is 0 Å². The molecule has 0 unspecified atom stereocenters. The van der Waals surface area contributed by atoms with Gasteiger partial charge in [-0.05, 0) is 19.1 Å². The minimum absolute atomic E-state index is 0.0189. The van der Waals surface area contributed by atoms with Gasteiger partial charge >= 0.3 is 0 Å². The van der Waals surface area contributed by atoms with Gasteiger partial charge < -0.3 is 0 Å². The smallest absolute Gasteiger partial charge is 0.210 e. The predicted octanol–water partition coefficient (Wildman–Crippen LogP) is 1.97. The average Bonchev–Trinajstić information content (AvgIpc) is 2.16. The standard InChI is InChI=1S/C10H9ClO2S/c1-9-3-5-10(6-4-9)14(12,13)8-2-7-11/h3-6H,7H2,1H3. The Kier molecular flexibility index (Phi) is 3.56. The summed E-state index contributed by atoms with van der Waals surface area (Å²) in [5, 5.41) is 2.13. The fraction of sp³-hybridized carbons (Fsp3) is 0.200. The summed E-state index contributed by atoms with van der Waals surface area (Å²) in [5.74, 6) is 2.35. The highest BCUT2D eigenvalue weighted by Crippen LogP contribution is 2.10. The number of rotatable bonds is 1. The first-order valence-electron chi connectivity index (χ1n) is 3.93. The molecule has 0 saturated carbocycles. The molecule has 0 aliphatic rings. The zero-order valence-electron chi connectivity index (χ0n) is 7.62. The summed E-state index contributed by atoms with van der Waals surface area (Å²) in [6, 6.07) is 6.53. The molecule has 2 nitrogen and oxygen atoms in total. The van der Waals surface area contributed by atoms with Crippen LogP contribution in [-0.2, 0) is 9.84 Å². The number of sulfone groups is 1. The van der Waals surface area contributed by atoms with E-state index in [-0.39, 0.29) is 10.8 Å². The van der Waals surface area contributed by atoms with E-state index < -0.39 is 9.84 Å². The van der Waals surface area contributed by atoms with Gasteiger partial charge in [0.25, 0.3) is 0 Å². The number of benzene rings is 1. The zero-order chi connectivity index (χ0) is 10.6. The van der Waals surface area contributed by atoms with Crippen molar-refractivity contribution in [3.63, 3.8) is 0 Å². The molecule has 14 heavy (non-hydrogen) atoms. The second-order valence-corrected chi connectivity index (χ2v) is 4.68. The molecule has 0 heterocycles. The van der Waals surface area contributed by atoms with Gasteiger partial charge in [0.2, 0.25) is 9.84 Å². The Morgan fingerprint density at radius 3 is 2.36 bits per heavy atom. The molecule has 0 amide bonds. The van der Waals surface area contributed by atoms with Crippen molar-refractivity contribution in [2.75, 3.05) is 5.88 Å². The highest BCUT2D eigenvalue weighted by molar-refractivity contribution is 7.96. The second-order valence-electron chi connectivity index (χ2n) is 2.73. The number of aryl methyl sites for hydroxylation is 1.